The van der Waals surface area contributed by atoms with E-state index in [2.05, 4.69) is 34.9 Å². The van der Waals surface area contributed by atoms with Gasteiger partial charge in [0.1, 0.15) is 0 Å². The minimum atomic E-state index is -0.0225. The highest BCUT2D eigenvalue weighted by Gasteiger charge is 2.04. The van der Waals surface area contributed by atoms with E-state index in [1.807, 2.05) is 0 Å². The van der Waals surface area contributed by atoms with E-state index >= 15 is 0 Å². The van der Waals surface area contributed by atoms with Gasteiger partial charge in [0, 0.05) is 4.88 Å². The summed E-state index contributed by atoms with van der Waals surface area (Å²) in [5.41, 5.74) is 1.31. The standard InChI is InChI=1S/C12H16N2OS/c1-3-6-13-9-12(15)14-8-11-10(4-2)5-7-16-11/h1,5,7,13H,4,6,8-9H2,2H3,(H,14,15). The number of rotatable bonds is 6. The molecule has 1 rings (SSSR count). The van der Waals surface area contributed by atoms with Crippen molar-refractivity contribution in [3.8, 4) is 12.3 Å². The van der Waals surface area contributed by atoms with Crippen molar-refractivity contribution in [1.82, 2.24) is 10.6 Å². The lowest BCUT2D eigenvalue weighted by atomic mass is 10.2. The van der Waals surface area contributed by atoms with Crippen LogP contribution in [0.25, 0.3) is 0 Å². The zero-order valence-corrected chi connectivity index (χ0v) is 10.2. The van der Waals surface area contributed by atoms with E-state index in [4.69, 9.17) is 6.42 Å². The van der Waals surface area contributed by atoms with Gasteiger partial charge in [-0.15, -0.1) is 17.8 Å². The van der Waals surface area contributed by atoms with Gasteiger partial charge in [-0.25, -0.2) is 0 Å². The molecule has 0 radical (unpaired) electrons. The van der Waals surface area contributed by atoms with E-state index in [9.17, 15) is 4.79 Å². The maximum atomic E-state index is 11.4. The molecule has 0 bridgehead atoms. The molecule has 1 amide bonds. The van der Waals surface area contributed by atoms with Gasteiger partial charge in [0.2, 0.25) is 5.91 Å². The first-order valence-corrected chi connectivity index (χ1v) is 6.12. The molecule has 4 heteroatoms. The minimum Gasteiger partial charge on any atom is -0.350 e. The molecule has 3 nitrogen and oxygen atoms in total. The average Bonchev–Trinajstić information content (AvgIpc) is 2.74. The van der Waals surface area contributed by atoms with Crippen molar-refractivity contribution in [2.75, 3.05) is 13.1 Å². The molecule has 1 heterocycles. The Balaban J connectivity index is 2.29. The van der Waals surface area contributed by atoms with Crippen LogP contribution in [0.3, 0.4) is 0 Å². The lowest BCUT2D eigenvalue weighted by Gasteiger charge is -2.05. The normalized spacial score (nSPS) is 9.75. The Labute approximate surface area is 100 Å². The Hall–Kier alpha value is -1.31. The van der Waals surface area contributed by atoms with Gasteiger partial charge in [0.05, 0.1) is 19.6 Å². The van der Waals surface area contributed by atoms with Crippen molar-refractivity contribution >= 4 is 17.2 Å². The van der Waals surface area contributed by atoms with Crippen LogP contribution in [-0.2, 0) is 17.8 Å². The number of carbonyl (C=O) groups is 1. The van der Waals surface area contributed by atoms with Crippen LogP contribution in [0.15, 0.2) is 11.4 Å². The second-order valence-corrected chi connectivity index (χ2v) is 4.31. The summed E-state index contributed by atoms with van der Waals surface area (Å²) >= 11 is 1.68. The Morgan fingerprint density at radius 2 is 2.44 bits per heavy atom. The number of terminal acetylenes is 1. The molecule has 1 aromatic rings. The highest BCUT2D eigenvalue weighted by molar-refractivity contribution is 7.10. The van der Waals surface area contributed by atoms with Crippen molar-refractivity contribution < 1.29 is 4.79 Å². The largest absolute Gasteiger partial charge is 0.350 e. The van der Waals surface area contributed by atoms with Crippen LogP contribution in [0.5, 0.6) is 0 Å². The number of carbonyl (C=O) groups excluding carboxylic acids is 1. The molecular formula is C12H16N2OS. The summed E-state index contributed by atoms with van der Waals surface area (Å²) < 4.78 is 0. The molecule has 2 N–H and O–H groups in total. The smallest absolute Gasteiger partial charge is 0.234 e. The predicted octanol–water partition coefficient (Wildman–Crippen LogP) is 1.15. The topological polar surface area (TPSA) is 41.1 Å². The van der Waals surface area contributed by atoms with Crippen molar-refractivity contribution in [3.05, 3.63) is 21.9 Å². The maximum absolute atomic E-state index is 11.4. The van der Waals surface area contributed by atoms with Crippen molar-refractivity contribution in [3.63, 3.8) is 0 Å². The fourth-order valence-corrected chi connectivity index (χ4v) is 2.24. The first-order chi connectivity index (χ1) is 7.77. The zero-order chi connectivity index (χ0) is 11.8. The van der Waals surface area contributed by atoms with Crippen LogP contribution in [0.4, 0.5) is 0 Å². The Morgan fingerprint density at radius 3 is 3.12 bits per heavy atom. The van der Waals surface area contributed by atoms with Gasteiger partial charge in [-0.05, 0) is 23.4 Å². The summed E-state index contributed by atoms with van der Waals surface area (Å²) in [4.78, 5) is 12.6. The Morgan fingerprint density at radius 1 is 1.62 bits per heavy atom. The molecule has 1 aromatic heterocycles. The molecule has 0 aliphatic carbocycles. The average molecular weight is 236 g/mol. The number of hydrogen-bond acceptors (Lipinski definition) is 3. The summed E-state index contributed by atoms with van der Waals surface area (Å²) in [5.74, 6) is 2.40. The predicted molar refractivity (Wildman–Crippen MR) is 67.2 cm³/mol. The lowest BCUT2D eigenvalue weighted by Crippen LogP contribution is -2.33. The lowest BCUT2D eigenvalue weighted by molar-refractivity contribution is -0.120. The van der Waals surface area contributed by atoms with E-state index < -0.39 is 0 Å². The molecule has 16 heavy (non-hydrogen) atoms. The highest BCUT2D eigenvalue weighted by atomic mass is 32.1. The van der Waals surface area contributed by atoms with Gasteiger partial charge < -0.3 is 5.32 Å². The number of amides is 1. The van der Waals surface area contributed by atoms with Crippen molar-refractivity contribution in [2.24, 2.45) is 0 Å². The molecule has 0 saturated carbocycles. The van der Waals surface area contributed by atoms with Crippen LogP contribution < -0.4 is 10.6 Å². The van der Waals surface area contributed by atoms with Crippen LogP contribution in [0.1, 0.15) is 17.4 Å². The van der Waals surface area contributed by atoms with Gasteiger partial charge in [-0.2, -0.15) is 0 Å². The Kier molecular flexibility index (Phi) is 5.62. The molecular weight excluding hydrogens is 220 g/mol. The second kappa shape index (κ2) is 7.04. The van der Waals surface area contributed by atoms with E-state index in [1.54, 1.807) is 11.3 Å². The Bertz CT molecular complexity index is 379. The molecule has 0 fully saturated rings. The third-order valence-electron chi connectivity index (χ3n) is 2.18. The van der Waals surface area contributed by atoms with E-state index in [-0.39, 0.29) is 12.5 Å². The number of thiophene rings is 1. The van der Waals surface area contributed by atoms with Crippen LogP contribution in [0, 0.1) is 12.3 Å². The van der Waals surface area contributed by atoms with Gasteiger partial charge in [-0.3, -0.25) is 10.1 Å². The number of aryl methyl sites for hydroxylation is 1. The minimum absolute atomic E-state index is 0.0225. The number of hydrogen-bond donors (Lipinski definition) is 2. The number of nitrogens with one attached hydrogen (secondary N) is 2. The monoisotopic (exact) mass is 236 g/mol. The summed E-state index contributed by atoms with van der Waals surface area (Å²) in [6.07, 6.45) is 6.07. The fourth-order valence-electron chi connectivity index (χ4n) is 1.33. The summed E-state index contributed by atoms with van der Waals surface area (Å²) in [6.45, 7) is 3.42. The molecule has 0 saturated heterocycles. The quantitative estimate of drug-likeness (QED) is 0.574. The van der Waals surface area contributed by atoms with Crippen LogP contribution >= 0.6 is 11.3 Å². The van der Waals surface area contributed by atoms with Gasteiger partial charge in [-0.1, -0.05) is 12.8 Å². The van der Waals surface area contributed by atoms with Crippen LogP contribution in [0.2, 0.25) is 0 Å². The van der Waals surface area contributed by atoms with Gasteiger partial charge in [0.15, 0.2) is 0 Å². The molecule has 0 aliphatic rings. The highest BCUT2D eigenvalue weighted by Crippen LogP contribution is 2.16. The first kappa shape index (κ1) is 12.8. The SMILES string of the molecule is C#CCNCC(=O)NCc1sccc1CC. The maximum Gasteiger partial charge on any atom is 0.234 e. The molecule has 0 spiro atoms. The summed E-state index contributed by atoms with van der Waals surface area (Å²) in [5, 5.41) is 7.76. The van der Waals surface area contributed by atoms with E-state index in [1.165, 1.54) is 10.4 Å². The summed E-state index contributed by atoms with van der Waals surface area (Å²) in [6, 6.07) is 2.10. The van der Waals surface area contributed by atoms with E-state index in [0.29, 0.717) is 13.1 Å². The van der Waals surface area contributed by atoms with Crippen molar-refractivity contribution in [1.29, 1.82) is 0 Å². The van der Waals surface area contributed by atoms with Crippen LogP contribution in [-0.4, -0.2) is 19.0 Å². The van der Waals surface area contributed by atoms with E-state index in [0.717, 1.165) is 6.42 Å². The fraction of sp³-hybridized carbons (Fsp3) is 0.417. The van der Waals surface area contributed by atoms with Gasteiger partial charge >= 0.3 is 0 Å². The summed E-state index contributed by atoms with van der Waals surface area (Å²) in [7, 11) is 0. The molecule has 86 valence electrons. The second-order valence-electron chi connectivity index (χ2n) is 3.31. The molecule has 0 aliphatic heterocycles. The molecule has 0 aromatic carbocycles. The van der Waals surface area contributed by atoms with Gasteiger partial charge in [0.25, 0.3) is 0 Å². The van der Waals surface area contributed by atoms with Crippen molar-refractivity contribution in [2.45, 2.75) is 19.9 Å². The zero-order valence-electron chi connectivity index (χ0n) is 9.38. The first-order valence-electron chi connectivity index (χ1n) is 5.24. The molecule has 0 atom stereocenters. The molecule has 0 unspecified atom stereocenters. The third-order valence-corrected chi connectivity index (χ3v) is 3.14. The third kappa shape index (κ3) is 4.05.